The van der Waals surface area contributed by atoms with Crippen LogP contribution in [0.1, 0.15) is 63.5 Å². The molecule has 1 aliphatic rings. The number of hydrogen-bond donors (Lipinski definition) is 2. The molecule has 0 aliphatic heterocycles. The number of aromatic nitrogens is 2. The van der Waals surface area contributed by atoms with E-state index in [4.69, 9.17) is 0 Å². The van der Waals surface area contributed by atoms with Gasteiger partial charge in [0.25, 0.3) is 5.91 Å². The van der Waals surface area contributed by atoms with Gasteiger partial charge in [-0.15, -0.1) is 11.3 Å². The number of nitrogens with zero attached hydrogens (tertiary/aromatic N) is 1. The summed E-state index contributed by atoms with van der Waals surface area (Å²) in [6.45, 7) is 5.09. The molecule has 0 bridgehead atoms. The Kier molecular flexibility index (Phi) is 3.41. The predicted octanol–water partition coefficient (Wildman–Crippen LogP) is 3.42. The molecule has 0 radical (unpaired) electrons. The SMILES string of the molecule is CC(=O)c1c(C)[nH]c(C(=O)Nc2nc(C3CC3)cs2)c1C. The highest BCUT2D eigenvalue weighted by Crippen LogP contribution is 2.40. The van der Waals surface area contributed by atoms with Crippen LogP contribution in [0.5, 0.6) is 0 Å². The Morgan fingerprint density at radius 2 is 2.10 bits per heavy atom. The van der Waals surface area contributed by atoms with E-state index in [-0.39, 0.29) is 11.7 Å². The molecule has 2 heterocycles. The van der Waals surface area contributed by atoms with Gasteiger partial charge in [-0.3, -0.25) is 14.9 Å². The lowest BCUT2D eigenvalue weighted by Gasteiger charge is -2.01. The number of thiazole rings is 1. The van der Waals surface area contributed by atoms with Gasteiger partial charge in [-0.05, 0) is 39.2 Å². The van der Waals surface area contributed by atoms with Crippen LogP contribution in [0.15, 0.2) is 5.38 Å². The number of nitrogens with one attached hydrogen (secondary N) is 2. The Hall–Kier alpha value is -1.95. The van der Waals surface area contributed by atoms with Gasteiger partial charge < -0.3 is 4.98 Å². The summed E-state index contributed by atoms with van der Waals surface area (Å²) in [6, 6.07) is 0. The van der Waals surface area contributed by atoms with Gasteiger partial charge in [0.15, 0.2) is 10.9 Å². The van der Waals surface area contributed by atoms with E-state index >= 15 is 0 Å². The number of aromatic amines is 1. The molecule has 2 aromatic rings. The van der Waals surface area contributed by atoms with Crippen molar-refractivity contribution in [2.75, 3.05) is 5.32 Å². The van der Waals surface area contributed by atoms with Crippen molar-refractivity contribution in [3.63, 3.8) is 0 Å². The molecule has 0 unspecified atom stereocenters. The fourth-order valence-corrected chi connectivity index (χ4v) is 3.36. The highest BCUT2D eigenvalue weighted by molar-refractivity contribution is 7.14. The highest BCUT2D eigenvalue weighted by atomic mass is 32.1. The monoisotopic (exact) mass is 303 g/mol. The molecule has 2 aromatic heterocycles. The predicted molar refractivity (Wildman–Crippen MR) is 82.3 cm³/mol. The van der Waals surface area contributed by atoms with Gasteiger partial charge >= 0.3 is 0 Å². The molecule has 0 atom stereocenters. The molecular weight excluding hydrogens is 286 g/mol. The Morgan fingerprint density at radius 1 is 1.38 bits per heavy atom. The minimum atomic E-state index is -0.250. The van der Waals surface area contributed by atoms with Crippen molar-refractivity contribution in [3.05, 3.63) is 33.6 Å². The smallest absolute Gasteiger partial charge is 0.274 e. The van der Waals surface area contributed by atoms with Gasteiger partial charge in [0.2, 0.25) is 0 Å². The first kappa shape index (κ1) is 14.0. The summed E-state index contributed by atoms with van der Waals surface area (Å²) in [5.74, 6) is 0.288. The molecule has 1 fully saturated rings. The topological polar surface area (TPSA) is 74.8 Å². The Bertz CT molecular complexity index is 725. The summed E-state index contributed by atoms with van der Waals surface area (Å²) in [6.07, 6.45) is 2.38. The van der Waals surface area contributed by atoms with E-state index in [1.54, 1.807) is 13.8 Å². The molecule has 0 saturated heterocycles. The maximum atomic E-state index is 12.3. The minimum absolute atomic E-state index is 0.0365. The average Bonchev–Trinajstić information content (AvgIpc) is 3.08. The van der Waals surface area contributed by atoms with E-state index < -0.39 is 0 Å². The fraction of sp³-hybridized carbons (Fsp3) is 0.400. The molecule has 0 spiro atoms. The van der Waals surface area contributed by atoms with Gasteiger partial charge in [0.1, 0.15) is 5.69 Å². The maximum Gasteiger partial charge on any atom is 0.274 e. The molecule has 110 valence electrons. The van der Waals surface area contributed by atoms with Crippen LogP contribution in [0.2, 0.25) is 0 Å². The van der Waals surface area contributed by atoms with Crippen molar-refractivity contribution in [1.82, 2.24) is 9.97 Å². The standard InChI is InChI=1S/C15H17N3O2S/c1-7-12(9(3)19)8(2)16-13(7)14(20)18-15-17-11(6-21-15)10-4-5-10/h6,10,16H,4-5H2,1-3H3,(H,17,18,20). The van der Waals surface area contributed by atoms with E-state index in [9.17, 15) is 9.59 Å². The van der Waals surface area contributed by atoms with Gasteiger partial charge in [0, 0.05) is 22.6 Å². The summed E-state index contributed by atoms with van der Waals surface area (Å²) in [7, 11) is 0. The van der Waals surface area contributed by atoms with Crippen LogP contribution in [0.4, 0.5) is 5.13 Å². The second-order valence-electron chi connectivity index (χ2n) is 5.49. The first-order chi connectivity index (χ1) is 9.97. The molecule has 1 amide bonds. The number of rotatable bonds is 4. The maximum absolute atomic E-state index is 12.3. The van der Waals surface area contributed by atoms with Crippen molar-refractivity contribution < 1.29 is 9.59 Å². The van der Waals surface area contributed by atoms with E-state index in [1.165, 1.54) is 31.1 Å². The molecule has 3 rings (SSSR count). The van der Waals surface area contributed by atoms with Crippen LogP contribution < -0.4 is 5.32 Å². The number of carbonyl (C=O) groups is 2. The van der Waals surface area contributed by atoms with Gasteiger partial charge in [-0.2, -0.15) is 0 Å². The van der Waals surface area contributed by atoms with Gasteiger partial charge in [0.05, 0.1) is 5.69 Å². The molecule has 1 saturated carbocycles. The quantitative estimate of drug-likeness (QED) is 0.850. The Balaban J connectivity index is 1.81. The molecule has 1 aliphatic carbocycles. The first-order valence-corrected chi connectivity index (χ1v) is 7.82. The summed E-state index contributed by atoms with van der Waals surface area (Å²) >= 11 is 1.44. The fourth-order valence-electron chi connectivity index (χ4n) is 2.57. The Morgan fingerprint density at radius 3 is 2.67 bits per heavy atom. The van der Waals surface area contributed by atoms with E-state index in [1.807, 2.05) is 5.38 Å². The van der Waals surface area contributed by atoms with Crippen molar-refractivity contribution in [1.29, 1.82) is 0 Å². The molecular formula is C15H17N3O2S. The number of aryl methyl sites for hydroxylation is 1. The lowest BCUT2D eigenvalue weighted by molar-refractivity contribution is 0.101. The van der Waals surface area contributed by atoms with E-state index in [0.29, 0.717) is 27.9 Å². The van der Waals surface area contributed by atoms with E-state index in [2.05, 4.69) is 15.3 Å². The van der Waals surface area contributed by atoms with Crippen LogP contribution >= 0.6 is 11.3 Å². The zero-order chi connectivity index (χ0) is 15.1. The second-order valence-corrected chi connectivity index (χ2v) is 6.35. The summed E-state index contributed by atoms with van der Waals surface area (Å²) in [5, 5.41) is 5.42. The molecule has 5 nitrogen and oxygen atoms in total. The lowest BCUT2D eigenvalue weighted by atomic mass is 10.1. The van der Waals surface area contributed by atoms with Crippen LogP contribution in [0, 0.1) is 13.8 Å². The minimum Gasteiger partial charge on any atom is -0.354 e. The number of ketones is 1. The Labute approximate surface area is 126 Å². The summed E-state index contributed by atoms with van der Waals surface area (Å²) < 4.78 is 0. The van der Waals surface area contributed by atoms with Crippen LogP contribution in [-0.2, 0) is 0 Å². The third-order valence-electron chi connectivity index (χ3n) is 3.75. The number of H-pyrrole nitrogens is 1. The van der Waals surface area contributed by atoms with Gasteiger partial charge in [-0.25, -0.2) is 4.98 Å². The van der Waals surface area contributed by atoms with Crippen LogP contribution in [-0.4, -0.2) is 21.7 Å². The van der Waals surface area contributed by atoms with Crippen molar-refractivity contribution >= 4 is 28.2 Å². The van der Waals surface area contributed by atoms with E-state index in [0.717, 1.165) is 11.4 Å². The second kappa shape index (κ2) is 5.11. The summed E-state index contributed by atoms with van der Waals surface area (Å²) in [4.78, 5) is 31.4. The van der Waals surface area contributed by atoms with Crippen LogP contribution in [0.3, 0.4) is 0 Å². The first-order valence-electron chi connectivity index (χ1n) is 6.94. The summed E-state index contributed by atoms with van der Waals surface area (Å²) in [5.41, 5.74) is 3.51. The third kappa shape index (κ3) is 2.63. The van der Waals surface area contributed by atoms with Gasteiger partial charge in [-0.1, -0.05) is 0 Å². The normalized spacial score (nSPS) is 14.2. The molecule has 0 aromatic carbocycles. The number of carbonyl (C=O) groups excluding carboxylic acids is 2. The van der Waals surface area contributed by atoms with Crippen LogP contribution in [0.25, 0.3) is 0 Å². The largest absolute Gasteiger partial charge is 0.354 e. The van der Waals surface area contributed by atoms with Crippen molar-refractivity contribution in [2.45, 2.75) is 39.5 Å². The molecule has 21 heavy (non-hydrogen) atoms. The number of anilines is 1. The lowest BCUT2D eigenvalue weighted by Crippen LogP contribution is -2.13. The van der Waals surface area contributed by atoms with Crippen molar-refractivity contribution in [3.8, 4) is 0 Å². The zero-order valence-electron chi connectivity index (χ0n) is 12.2. The average molecular weight is 303 g/mol. The number of amides is 1. The number of Topliss-reactive ketones (excluding diaryl/α,β-unsaturated/α-hetero) is 1. The highest BCUT2D eigenvalue weighted by Gasteiger charge is 2.26. The van der Waals surface area contributed by atoms with Crippen molar-refractivity contribution in [2.24, 2.45) is 0 Å². The third-order valence-corrected chi connectivity index (χ3v) is 4.53. The zero-order valence-corrected chi connectivity index (χ0v) is 13.1. The molecule has 6 heteroatoms. The molecule has 2 N–H and O–H groups in total. The number of hydrogen-bond acceptors (Lipinski definition) is 4.